The van der Waals surface area contributed by atoms with Crippen molar-refractivity contribution in [2.75, 3.05) is 0 Å². The Morgan fingerprint density at radius 2 is 2.00 bits per heavy atom. The van der Waals surface area contributed by atoms with Crippen LogP contribution in [-0.2, 0) is 19.6 Å². The number of aryl methyl sites for hydroxylation is 2. The first-order valence-corrected chi connectivity index (χ1v) is 7.08. The van der Waals surface area contributed by atoms with Crippen molar-refractivity contribution in [2.45, 2.75) is 45.9 Å². The molecule has 2 rings (SSSR count). The molecule has 0 amide bonds. The van der Waals surface area contributed by atoms with Gasteiger partial charge in [0.05, 0.1) is 12.3 Å². The summed E-state index contributed by atoms with van der Waals surface area (Å²) < 4.78 is 7.61. The number of hydrogen-bond acceptors (Lipinski definition) is 3. The van der Waals surface area contributed by atoms with Crippen LogP contribution in [0.15, 0.2) is 36.7 Å². The van der Waals surface area contributed by atoms with Gasteiger partial charge in [0.2, 0.25) is 0 Å². The number of rotatable bonds is 7. The summed E-state index contributed by atoms with van der Waals surface area (Å²) in [4.78, 5) is 0. The Labute approximate surface area is 120 Å². The van der Waals surface area contributed by atoms with Crippen LogP contribution in [-0.4, -0.2) is 21.0 Å². The third-order valence-corrected chi connectivity index (χ3v) is 3.19. The van der Waals surface area contributed by atoms with E-state index in [-0.39, 0.29) is 6.10 Å². The highest BCUT2D eigenvalue weighted by molar-refractivity contribution is 5.27. The number of aliphatic hydroxyl groups excluding tert-OH is 1. The molecule has 0 bridgehead atoms. The minimum absolute atomic E-state index is 0.249. The zero-order valence-corrected chi connectivity index (χ0v) is 12.1. The van der Waals surface area contributed by atoms with E-state index in [2.05, 4.69) is 12.0 Å². The maximum atomic E-state index is 9.27. The zero-order chi connectivity index (χ0) is 14.4. The second kappa shape index (κ2) is 7.10. The van der Waals surface area contributed by atoms with Gasteiger partial charge in [-0.15, -0.1) is 0 Å². The molecule has 4 nitrogen and oxygen atoms in total. The lowest BCUT2D eigenvalue weighted by molar-refractivity contribution is 0.185. The highest BCUT2D eigenvalue weighted by Gasteiger charge is 2.01. The minimum Gasteiger partial charge on any atom is -0.489 e. The maximum Gasteiger partial charge on any atom is 0.119 e. The van der Waals surface area contributed by atoms with Crippen LogP contribution in [0.5, 0.6) is 5.75 Å². The van der Waals surface area contributed by atoms with Crippen molar-refractivity contribution in [3.63, 3.8) is 0 Å². The summed E-state index contributed by atoms with van der Waals surface area (Å²) in [6.07, 6.45) is 5.26. The molecule has 1 unspecified atom stereocenters. The number of ether oxygens (including phenoxy) is 1. The summed E-state index contributed by atoms with van der Waals surface area (Å²) in [5, 5.41) is 13.5. The van der Waals surface area contributed by atoms with Gasteiger partial charge in [0.25, 0.3) is 0 Å². The monoisotopic (exact) mass is 274 g/mol. The molecule has 0 fully saturated rings. The van der Waals surface area contributed by atoms with Gasteiger partial charge in [-0.2, -0.15) is 5.10 Å². The van der Waals surface area contributed by atoms with Crippen LogP contribution < -0.4 is 4.74 Å². The molecule has 108 valence electrons. The molecular formula is C16H22N2O2. The molecule has 0 radical (unpaired) electrons. The first kappa shape index (κ1) is 14.6. The van der Waals surface area contributed by atoms with Crippen molar-refractivity contribution >= 4 is 0 Å². The fraction of sp³-hybridized carbons (Fsp3) is 0.438. The lowest BCUT2D eigenvalue weighted by Crippen LogP contribution is -2.01. The molecule has 2 aromatic rings. The van der Waals surface area contributed by atoms with Gasteiger partial charge < -0.3 is 9.84 Å². The average molecular weight is 274 g/mol. The minimum atomic E-state index is -0.249. The smallest absolute Gasteiger partial charge is 0.119 e. The fourth-order valence-electron chi connectivity index (χ4n) is 1.95. The molecule has 1 atom stereocenters. The van der Waals surface area contributed by atoms with Gasteiger partial charge in [-0.25, -0.2) is 0 Å². The topological polar surface area (TPSA) is 47.3 Å². The van der Waals surface area contributed by atoms with E-state index in [1.54, 1.807) is 0 Å². The van der Waals surface area contributed by atoms with Crippen LogP contribution >= 0.6 is 0 Å². The molecule has 0 aliphatic rings. The largest absolute Gasteiger partial charge is 0.489 e. The molecule has 0 saturated heterocycles. The number of hydrogen-bond donors (Lipinski definition) is 1. The van der Waals surface area contributed by atoms with Crippen LogP contribution in [0.3, 0.4) is 0 Å². The van der Waals surface area contributed by atoms with Gasteiger partial charge in [0, 0.05) is 18.3 Å². The number of benzene rings is 1. The molecule has 1 aromatic carbocycles. The van der Waals surface area contributed by atoms with Crippen LogP contribution in [0.25, 0.3) is 0 Å². The van der Waals surface area contributed by atoms with Crippen LogP contribution in [0, 0.1) is 0 Å². The molecule has 1 heterocycles. The van der Waals surface area contributed by atoms with Crippen molar-refractivity contribution < 1.29 is 9.84 Å². The summed E-state index contributed by atoms with van der Waals surface area (Å²) in [7, 11) is 0. The Bertz CT molecular complexity index is 518. The maximum absolute atomic E-state index is 9.27. The molecule has 0 saturated carbocycles. The Hall–Kier alpha value is -1.81. The third kappa shape index (κ3) is 4.38. The standard InChI is InChI=1S/C16H22N2O2/c1-3-18-11-15(10-17-18)12-20-16-8-6-14(7-9-16)5-4-13(2)19/h6-11,13,19H,3-5,12H2,1-2H3. The summed E-state index contributed by atoms with van der Waals surface area (Å²) in [6.45, 7) is 5.28. The second-order valence-corrected chi connectivity index (χ2v) is 5.02. The normalized spacial score (nSPS) is 12.3. The van der Waals surface area contributed by atoms with Gasteiger partial charge in [-0.05, 0) is 44.4 Å². The van der Waals surface area contributed by atoms with Gasteiger partial charge >= 0.3 is 0 Å². The van der Waals surface area contributed by atoms with Gasteiger partial charge in [0.15, 0.2) is 0 Å². The van der Waals surface area contributed by atoms with E-state index < -0.39 is 0 Å². The van der Waals surface area contributed by atoms with E-state index in [0.717, 1.165) is 30.7 Å². The lowest BCUT2D eigenvalue weighted by Gasteiger charge is -2.07. The molecular weight excluding hydrogens is 252 g/mol. The van der Waals surface area contributed by atoms with Crippen LogP contribution in [0.1, 0.15) is 31.4 Å². The molecule has 1 aromatic heterocycles. The SMILES string of the molecule is CCn1cc(COc2ccc(CCC(C)O)cc2)cn1. The van der Waals surface area contributed by atoms with Gasteiger partial charge in [0.1, 0.15) is 12.4 Å². The predicted octanol–water partition coefficient (Wildman–Crippen LogP) is 2.80. The Morgan fingerprint density at radius 1 is 1.25 bits per heavy atom. The Kier molecular flexibility index (Phi) is 5.18. The van der Waals surface area contributed by atoms with Crippen molar-refractivity contribution in [2.24, 2.45) is 0 Å². The van der Waals surface area contributed by atoms with Gasteiger partial charge in [-0.1, -0.05) is 12.1 Å². The summed E-state index contributed by atoms with van der Waals surface area (Å²) in [5.74, 6) is 0.857. The third-order valence-electron chi connectivity index (χ3n) is 3.19. The number of nitrogens with zero attached hydrogens (tertiary/aromatic N) is 2. The van der Waals surface area contributed by atoms with Crippen molar-refractivity contribution in [3.8, 4) is 5.75 Å². The van der Waals surface area contributed by atoms with E-state index in [9.17, 15) is 5.11 Å². The highest BCUT2D eigenvalue weighted by Crippen LogP contribution is 2.15. The van der Waals surface area contributed by atoms with E-state index in [4.69, 9.17) is 4.74 Å². The van der Waals surface area contributed by atoms with E-state index in [1.807, 2.05) is 48.3 Å². The van der Waals surface area contributed by atoms with Crippen molar-refractivity contribution in [3.05, 3.63) is 47.8 Å². The second-order valence-electron chi connectivity index (χ2n) is 5.02. The van der Waals surface area contributed by atoms with E-state index in [1.165, 1.54) is 5.56 Å². The van der Waals surface area contributed by atoms with E-state index >= 15 is 0 Å². The Morgan fingerprint density at radius 3 is 2.60 bits per heavy atom. The van der Waals surface area contributed by atoms with Gasteiger partial charge in [-0.3, -0.25) is 4.68 Å². The first-order chi connectivity index (χ1) is 9.67. The predicted molar refractivity (Wildman–Crippen MR) is 78.7 cm³/mol. The van der Waals surface area contributed by atoms with Crippen molar-refractivity contribution in [1.82, 2.24) is 9.78 Å². The van der Waals surface area contributed by atoms with Crippen LogP contribution in [0.4, 0.5) is 0 Å². The lowest BCUT2D eigenvalue weighted by atomic mass is 10.1. The summed E-state index contributed by atoms with van der Waals surface area (Å²) in [6, 6.07) is 8.05. The van der Waals surface area contributed by atoms with Crippen LogP contribution in [0.2, 0.25) is 0 Å². The fourth-order valence-corrected chi connectivity index (χ4v) is 1.95. The molecule has 4 heteroatoms. The zero-order valence-electron chi connectivity index (χ0n) is 12.1. The highest BCUT2D eigenvalue weighted by atomic mass is 16.5. The average Bonchev–Trinajstić information content (AvgIpc) is 2.92. The number of aliphatic hydroxyl groups is 1. The summed E-state index contributed by atoms with van der Waals surface area (Å²) in [5.41, 5.74) is 2.29. The molecule has 1 N–H and O–H groups in total. The van der Waals surface area contributed by atoms with E-state index in [0.29, 0.717) is 6.61 Å². The molecule has 0 spiro atoms. The molecule has 0 aliphatic heterocycles. The quantitative estimate of drug-likeness (QED) is 0.844. The summed E-state index contributed by atoms with van der Waals surface area (Å²) >= 11 is 0. The number of aromatic nitrogens is 2. The van der Waals surface area contributed by atoms with Crippen molar-refractivity contribution in [1.29, 1.82) is 0 Å². The Balaban J connectivity index is 1.84. The molecule has 0 aliphatic carbocycles. The molecule has 20 heavy (non-hydrogen) atoms. The first-order valence-electron chi connectivity index (χ1n) is 7.08.